The molecule has 0 bridgehead atoms. The van der Waals surface area contributed by atoms with Crippen LogP contribution in [0.15, 0.2) is 33.3 Å². The van der Waals surface area contributed by atoms with Crippen molar-refractivity contribution >= 4 is 15.9 Å². The average Bonchev–Trinajstić information content (AvgIpc) is 3.11. The van der Waals surface area contributed by atoms with Gasteiger partial charge in [-0.05, 0) is 59.4 Å². The largest absolute Gasteiger partial charge is 0.359 e. The van der Waals surface area contributed by atoms with Gasteiger partial charge in [-0.3, -0.25) is 4.90 Å². The Morgan fingerprint density at radius 3 is 3.00 bits per heavy atom. The van der Waals surface area contributed by atoms with Crippen LogP contribution in [0.3, 0.4) is 0 Å². The summed E-state index contributed by atoms with van der Waals surface area (Å²) in [6.07, 6.45) is 3.12. The number of nitrogens with zero attached hydrogens (tertiary/aromatic N) is 2. The molecule has 2 heterocycles. The normalized spacial score (nSPS) is 19.3. The summed E-state index contributed by atoms with van der Waals surface area (Å²) in [5, 5.41) is 4.09. The van der Waals surface area contributed by atoms with Crippen LogP contribution in [-0.2, 0) is 13.0 Å². The SMILES string of the molecule is CCc1cc([C@@H]2CCCN2Cc2ccc(F)c(Br)c2)on1. The van der Waals surface area contributed by atoms with Gasteiger partial charge in [0.15, 0.2) is 5.76 Å². The Bertz CT molecular complexity index is 628. The van der Waals surface area contributed by atoms with Gasteiger partial charge in [0.25, 0.3) is 0 Å². The van der Waals surface area contributed by atoms with Crippen LogP contribution in [0, 0.1) is 5.82 Å². The van der Waals surface area contributed by atoms with Gasteiger partial charge in [-0.1, -0.05) is 18.1 Å². The summed E-state index contributed by atoms with van der Waals surface area (Å²) < 4.78 is 19.3. The van der Waals surface area contributed by atoms with Crippen molar-refractivity contribution in [2.24, 2.45) is 0 Å². The van der Waals surface area contributed by atoms with Crippen molar-refractivity contribution in [3.63, 3.8) is 0 Å². The summed E-state index contributed by atoms with van der Waals surface area (Å²) in [4.78, 5) is 2.37. The Hall–Kier alpha value is -1.20. The van der Waals surface area contributed by atoms with Gasteiger partial charge in [0.2, 0.25) is 0 Å². The summed E-state index contributed by atoms with van der Waals surface area (Å²) in [6.45, 7) is 3.90. The van der Waals surface area contributed by atoms with Crippen LogP contribution in [0.4, 0.5) is 4.39 Å². The van der Waals surface area contributed by atoms with E-state index in [1.165, 1.54) is 6.07 Å². The van der Waals surface area contributed by atoms with Crippen molar-refractivity contribution in [2.75, 3.05) is 6.54 Å². The van der Waals surface area contributed by atoms with Crippen LogP contribution >= 0.6 is 15.9 Å². The zero-order valence-corrected chi connectivity index (χ0v) is 13.6. The molecular formula is C16H18BrFN2O. The van der Waals surface area contributed by atoms with Crippen molar-refractivity contribution in [1.82, 2.24) is 10.1 Å². The third kappa shape index (κ3) is 3.19. The summed E-state index contributed by atoms with van der Waals surface area (Å²) in [5.41, 5.74) is 2.10. The second kappa shape index (κ2) is 6.28. The van der Waals surface area contributed by atoms with Crippen LogP contribution < -0.4 is 0 Å². The molecule has 1 aliphatic rings. The highest BCUT2D eigenvalue weighted by Gasteiger charge is 2.29. The van der Waals surface area contributed by atoms with Gasteiger partial charge in [0, 0.05) is 12.6 Å². The van der Waals surface area contributed by atoms with E-state index in [2.05, 4.69) is 39.0 Å². The van der Waals surface area contributed by atoms with Crippen LogP contribution in [0.1, 0.15) is 42.8 Å². The first-order chi connectivity index (χ1) is 10.2. The number of aryl methyl sites for hydroxylation is 1. The van der Waals surface area contributed by atoms with E-state index in [9.17, 15) is 4.39 Å². The molecule has 3 nitrogen and oxygen atoms in total. The number of hydrogen-bond donors (Lipinski definition) is 0. The van der Waals surface area contributed by atoms with Crippen molar-refractivity contribution < 1.29 is 8.91 Å². The van der Waals surface area contributed by atoms with Gasteiger partial charge in [-0.2, -0.15) is 0 Å². The molecule has 0 amide bonds. The van der Waals surface area contributed by atoms with E-state index in [0.29, 0.717) is 4.47 Å². The second-order valence-electron chi connectivity index (χ2n) is 5.45. The lowest BCUT2D eigenvalue weighted by Crippen LogP contribution is -2.22. The number of halogens is 2. The van der Waals surface area contributed by atoms with Crippen molar-refractivity contribution in [2.45, 2.75) is 38.8 Å². The van der Waals surface area contributed by atoms with Gasteiger partial charge in [0.1, 0.15) is 5.82 Å². The third-order valence-electron chi connectivity index (χ3n) is 4.00. The van der Waals surface area contributed by atoms with E-state index in [1.807, 2.05) is 12.1 Å². The molecule has 2 aromatic rings. The number of likely N-dealkylation sites (tertiary alicyclic amines) is 1. The fraction of sp³-hybridized carbons (Fsp3) is 0.438. The lowest BCUT2D eigenvalue weighted by Gasteiger charge is -2.22. The summed E-state index contributed by atoms with van der Waals surface area (Å²) in [7, 11) is 0. The molecule has 0 spiro atoms. The highest BCUT2D eigenvalue weighted by Crippen LogP contribution is 2.34. The van der Waals surface area contributed by atoms with Crippen molar-refractivity contribution in [1.29, 1.82) is 0 Å². The van der Waals surface area contributed by atoms with Gasteiger partial charge in [0.05, 0.1) is 16.2 Å². The molecule has 0 aliphatic carbocycles. The van der Waals surface area contributed by atoms with Crippen LogP contribution in [0.25, 0.3) is 0 Å². The fourth-order valence-corrected chi connectivity index (χ4v) is 3.29. The maximum Gasteiger partial charge on any atom is 0.154 e. The molecule has 1 atom stereocenters. The Balaban J connectivity index is 1.76. The number of rotatable bonds is 4. The molecule has 5 heteroatoms. The molecule has 0 saturated carbocycles. The molecule has 1 fully saturated rings. The Morgan fingerprint density at radius 1 is 1.43 bits per heavy atom. The second-order valence-corrected chi connectivity index (χ2v) is 6.31. The number of hydrogen-bond acceptors (Lipinski definition) is 3. The first-order valence-electron chi connectivity index (χ1n) is 7.31. The van der Waals surface area contributed by atoms with Gasteiger partial charge >= 0.3 is 0 Å². The smallest absolute Gasteiger partial charge is 0.154 e. The first-order valence-corrected chi connectivity index (χ1v) is 8.10. The standard InChI is InChI=1S/C16H18BrFN2O/c1-2-12-9-16(21-19-12)15-4-3-7-20(15)10-11-5-6-14(18)13(17)8-11/h5-6,8-9,15H,2-4,7,10H2,1H3/t15-/m0/s1. The predicted octanol–water partition coefficient (Wildman–Crippen LogP) is 4.48. The molecule has 21 heavy (non-hydrogen) atoms. The van der Waals surface area contributed by atoms with Gasteiger partial charge in [-0.25, -0.2) is 4.39 Å². The van der Waals surface area contributed by atoms with Crippen molar-refractivity contribution in [3.05, 3.63) is 51.6 Å². The van der Waals surface area contributed by atoms with Crippen LogP contribution in [-0.4, -0.2) is 16.6 Å². The minimum Gasteiger partial charge on any atom is -0.359 e. The van der Waals surface area contributed by atoms with E-state index in [4.69, 9.17) is 4.52 Å². The van der Waals surface area contributed by atoms with E-state index in [0.717, 1.165) is 49.4 Å². The Morgan fingerprint density at radius 2 is 2.29 bits per heavy atom. The predicted molar refractivity (Wildman–Crippen MR) is 82.4 cm³/mol. The quantitative estimate of drug-likeness (QED) is 0.812. The zero-order valence-electron chi connectivity index (χ0n) is 12.0. The van der Waals surface area contributed by atoms with Gasteiger partial charge in [-0.15, -0.1) is 0 Å². The molecule has 1 saturated heterocycles. The molecule has 3 rings (SSSR count). The maximum absolute atomic E-state index is 13.3. The highest BCUT2D eigenvalue weighted by molar-refractivity contribution is 9.10. The lowest BCUT2D eigenvalue weighted by atomic mass is 10.1. The molecule has 0 unspecified atom stereocenters. The molecule has 1 aromatic carbocycles. The zero-order chi connectivity index (χ0) is 14.8. The van der Waals surface area contributed by atoms with Crippen LogP contribution in [0.2, 0.25) is 0 Å². The van der Waals surface area contributed by atoms with Crippen LogP contribution in [0.5, 0.6) is 0 Å². The lowest BCUT2D eigenvalue weighted by molar-refractivity contribution is 0.206. The maximum atomic E-state index is 13.3. The minimum absolute atomic E-state index is 0.223. The van der Waals surface area contributed by atoms with E-state index in [-0.39, 0.29) is 11.9 Å². The summed E-state index contributed by atoms with van der Waals surface area (Å²) in [6, 6.07) is 7.54. The molecule has 1 aliphatic heterocycles. The van der Waals surface area contributed by atoms with E-state index in [1.54, 1.807) is 0 Å². The highest BCUT2D eigenvalue weighted by atomic mass is 79.9. The summed E-state index contributed by atoms with van der Waals surface area (Å²) in [5.74, 6) is 0.727. The van der Waals surface area contributed by atoms with Crippen molar-refractivity contribution in [3.8, 4) is 0 Å². The molecule has 112 valence electrons. The first kappa shape index (κ1) is 14.7. The average molecular weight is 353 g/mol. The van der Waals surface area contributed by atoms with E-state index >= 15 is 0 Å². The topological polar surface area (TPSA) is 29.3 Å². The molecule has 0 N–H and O–H groups in total. The molecule has 0 radical (unpaired) electrons. The molecular weight excluding hydrogens is 335 g/mol. The Labute approximate surface area is 132 Å². The minimum atomic E-state index is -0.223. The fourth-order valence-electron chi connectivity index (χ4n) is 2.86. The number of benzene rings is 1. The molecule has 1 aromatic heterocycles. The van der Waals surface area contributed by atoms with E-state index < -0.39 is 0 Å². The number of aromatic nitrogens is 1. The van der Waals surface area contributed by atoms with Gasteiger partial charge < -0.3 is 4.52 Å². The summed E-state index contributed by atoms with van der Waals surface area (Å²) >= 11 is 3.25. The monoisotopic (exact) mass is 352 g/mol. The Kier molecular flexibility index (Phi) is 4.40. The third-order valence-corrected chi connectivity index (χ3v) is 4.61.